The molecule has 0 unspecified atom stereocenters. The molecular weight excluding hydrogens is 452 g/mol. The molecule has 5 aromatic rings. The summed E-state index contributed by atoms with van der Waals surface area (Å²) < 4.78 is 17.2. The quantitative estimate of drug-likeness (QED) is 0.303. The summed E-state index contributed by atoms with van der Waals surface area (Å²) >= 11 is 0. The summed E-state index contributed by atoms with van der Waals surface area (Å²) in [5.74, 6) is 2.99. The lowest BCUT2D eigenvalue weighted by Crippen LogP contribution is -2.28. The smallest absolute Gasteiger partial charge is 0.255 e. The number of aromatic amines is 1. The molecule has 180 valence electrons. The molecule has 1 aliphatic rings. The molecule has 6 nitrogen and oxygen atoms in total. The number of carbonyl (C=O) groups is 1. The molecule has 1 aliphatic heterocycles. The molecule has 0 radical (unpaired) electrons. The summed E-state index contributed by atoms with van der Waals surface area (Å²) in [6, 6.07) is 25.3. The van der Waals surface area contributed by atoms with Crippen molar-refractivity contribution in [1.29, 1.82) is 0 Å². The molecule has 0 spiro atoms. The molecule has 1 amide bonds. The minimum Gasteiger partial charge on any atom is -0.497 e. The van der Waals surface area contributed by atoms with E-state index in [2.05, 4.69) is 17.1 Å². The number of benzene rings is 3. The first kappa shape index (κ1) is 22.0. The van der Waals surface area contributed by atoms with E-state index in [1.807, 2.05) is 78.6 Å². The zero-order valence-corrected chi connectivity index (χ0v) is 20.4. The van der Waals surface area contributed by atoms with E-state index in [9.17, 15) is 4.79 Å². The van der Waals surface area contributed by atoms with Crippen LogP contribution < -0.4 is 9.47 Å². The van der Waals surface area contributed by atoms with Gasteiger partial charge in [-0.2, -0.15) is 0 Å². The van der Waals surface area contributed by atoms with Crippen LogP contribution >= 0.6 is 0 Å². The molecule has 6 rings (SSSR count). The highest BCUT2D eigenvalue weighted by Gasteiger charge is 2.40. The fourth-order valence-corrected chi connectivity index (χ4v) is 5.25. The minimum absolute atomic E-state index is 0.0153. The summed E-state index contributed by atoms with van der Waals surface area (Å²) in [7, 11) is 3.31. The van der Waals surface area contributed by atoms with Gasteiger partial charge in [-0.1, -0.05) is 36.4 Å². The van der Waals surface area contributed by atoms with E-state index in [1.165, 1.54) is 0 Å². The summed E-state index contributed by atoms with van der Waals surface area (Å²) in [5, 5.41) is 1.05. The third kappa shape index (κ3) is 3.45. The highest BCUT2D eigenvalue weighted by atomic mass is 16.5. The Bertz CT molecular complexity index is 1600. The number of nitrogens with one attached hydrogen (secondary N) is 1. The number of furan rings is 1. The Morgan fingerprint density at radius 2 is 1.72 bits per heavy atom. The SMILES string of the molecule is COc1ccc(OC)c(-c2[nH]c3ccccc3c2[C@H]2c3ccccc3C(=O)N2Cc2ccc(C)o2)c1. The number of hydrogen-bond donors (Lipinski definition) is 1. The number of aromatic nitrogens is 1. The predicted molar refractivity (Wildman–Crippen MR) is 138 cm³/mol. The van der Waals surface area contributed by atoms with Crippen LogP contribution in [0, 0.1) is 6.92 Å². The first-order valence-electron chi connectivity index (χ1n) is 11.9. The van der Waals surface area contributed by atoms with Crippen LogP contribution in [0.3, 0.4) is 0 Å². The Morgan fingerprint density at radius 3 is 2.50 bits per heavy atom. The third-order valence-electron chi connectivity index (χ3n) is 6.88. The first-order chi connectivity index (χ1) is 17.6. The number of carbonyl (C=O) groups excluding carboxylic acids is 1. The number of para-hydroxylation sites is 1. The molecule has 36 heavy (non-hydrogen) atoms. The molecule has 0 fully saturated rings. The summed E-state index contributed by atoms with van der Waals surface area (Å²) in [4.78, 5) is 19.3. The van der Waals surface area contributed by atoms with Crippen molar-refractivity contribution in [3.05, 3.63) is 107 Å². The van der Waals surface area contributed by atoms with Crippen molar-refractivity contribution in [3.63, 3.8) is 0 Å². The van der Waals surface area contributed by atoms with Gasteiger partial charge in [-0.05, 0) is 55.0 Å². The molecule has 1 atom stereocenters. The van der Waals surface area contributed by atoms with E-state index in [0.717, 1.165) is 56.3 Å². The molecule has 3 aromatic carbocycles. The van der Waals surface area contributed by atoms with Gasteiger partial charge in [0.25, 0.3) is 5.91 Å². The lowest BCUT2D eigenvalue weighted by atomic mass is 9.92. The topological polar surface area (TPSA) is 67.7 Å². The van der Waals surface area contributed by atoms with Crippen LogP contribution in [-0.2, 0) is 6.54 Å². The van der Waals surface area contributed by atoms with Gasteiger partial charge in [0.1, 0.15) is 23.0 Å². The number of rotatable bonds is 6. The number of aryl methyl sites for hydroxylation is 1. The van der Waals surface area contributed by atoms with Gasteiger partial charge in [0.2, 0.25) is 0 Å². The molecule has 0 aliphatic carbocycles. The molecule has 3 heterocycles. The van der Waals surface area contributed by atoms with Crippen molar-refractivity contribution in [3.8, 4) is 22.8 Å². The average Bonchev–Trinajstić information content (AvgIpc) is 3.58. The van der Waals surface area contributed by atoms with Crippen molar-refractivity contribution in [2.24, 2.45) is 0 Å². The van der Waals surface area contributed by atoms with Gasteiger partial charge in [0, 0.05) is 27.6 Å². The van der Waals surface area contributed by atoms with Crippen LogP contribution in [0.1, 0.15) is 39.0 Å². The van der Waals surface area contributed by atoms with Crippen LogP contribution in [-0.4, -0.2) is 30.0 Å². The lowest BCUT2D eigenvalue weighted by molar-refractivity contribution is 0.0723. The second-order valence-corrected chi connectivity index (χ2v) is 8.96. The summed E-state index contributed by atoms with van der Waals surface area (Å²) in [5.41, 5.74) is 5.44. The van der Waals surface area contributed by atoms with E-state index in [1.54, 1.807) is 14.2 Å². The largest absolute Gasteiger partial charge is 0.497 e. The fraction of sp³-hybridized carbons (Fsp3) is 0.167. The second-order valence-electron chi connectivity index (χ2n) is 8.96. The van der Waals surface area contributed by atoms with Crippen molar-refractivity contribution >= 4 is 16.8 Å². The summed E-state index contributed by atoms with van der Waals surface area (Å²) in [6.07, 6.45) is 0. The Kier molecular flexibility index (Phi) is 5.29. The molecule has 0 saturated carbocycles. The van der Waals surface area contributed by atoms with Crippen molar-refractivity contribution < 1.29 is 18.7 Å². The second kappa shape index (κ2) is 8.64. The standard InChI is InChI=1S/C30H26N2O4/c1-18-12-13-20(36-18)17-32-29(21-8-4-5-9-22(21)30(32)33)27-23-10-6-7-11-25(23)31-28(27)24-16-19(34-2)14-15-26(24)35-3/h4-16,29,31H,17H2,1-3H3/t29-/m1/s1. The Labute approximate surface area is 209 Å². The van der Waals surface area contributed by atoms with E-state index in [-0.39, 0.29) is 11.9 Å². The number of nitrogens with zero attached hydrogens (tertiary/aromatic N) is 1. The molecule has 1 N–H and O–H groups in total. The number of H-pyrrole nitrogens is 1. The Balaban J connectivity index is 1.62. The number of methoxy groups -OCH3 is 2. The Hall–Kier alpha value is -4.45. The van der Waals surface area contributed by atoms with Gasteiger partial charge >= 0.3 is 0 Å². The van der Waals surface area contributed by atoms with Gasteiger partial charge in [0.15, 0.2) is 0 Å². The van der Waals surface area contributed by atoms with Crippen LogP contribution in [0.15, 0.2) is 83.3 Å². The molecule has 6 heteroatoms. The maximum absolute atomic E-state index is 13.8. The minimum atomic E-state index is -0.318. The number of hydrogen-bond acceptors (Lipinski definition) is 4. The van der Waals surface area contributed by atoms with Gasteiger partial charge in [-0.25, -0.2) is 0 Å². The molecule has 2 aromatic heterocycles. The predicted octanol–water partition coefficient (Wildman–Crippen LogP) is 6.50. The first-order valence-corrected chi connectivity index (χ1v) is 11.9. The van der Waals surface area contributed by atoms with E-state index in [0.29, 0.717) is 12.1 Å². The zero-order valence-electron chi connectivity index (χ0n) is 20.4. The van der Waals surface area contributed by atoms with Crippen molar-refractivity contribution in [2.45, 2.75) is 19.5 Å². The number of fused-ring (bicyclic) bond motifs is 2. The normalized spacial score (nSPS) is 14.9. The Morgan fingerprint density at radius 1 is 0.917 bits per heavy atom. The monoisotopic (exact) mass is 478 g/mol. The average molecular weight is 479 g/mol. The molecule has 0 bridgehead atoms. The molecule has 0 saturated heterocycles. The van der Waals surface area contributed by atoms with Crippen LogP contribution in [0.2, 0.25) is 0 Å². The maximum Gasteiger partial charge on any atom is 0.255 e. The van der Waals surface area contributed by atoms with E-state index in [4.69, 9.17) is 13.9 Å². The van der Waals surface area contributed by atoms with Crippen LogP contribution in [0.25, 0.3) is 22.2 Å². The van der Waals surface area contributed by atoms with Gasteiger partial charge in [-0.3, -0.25) is 4.79 Å². The lowest BCUT2D eigenvalue weighted by Gasteiger charge is -2.26. The van der Waals surface area contributed by atoms with Crippen molar-refractivity contribution in [2.75, 3.05) is 14.2 Å². The van der Waals surface area contributed by atoms with E-state index < -0.39 is 0 Å². The van der Waals surface area contributed by atoms with Crippen LogP contribution in [0.4, 0.5) is 0 Å². The van der Waals surface area contributed by atoms with Crippen LogP contribution in [0.5, 0.6) is 11.5 Å². The zero-order chi connectivity index (χ0) is 24.8. The maximum atomic E-state index is 13.8. The third-order valence-corrected chi connectivity index (χ3v) is 6.88. The highest BCUT2D eigenvalue weighted by Crippen LogP contribution is 2.48. The fourth-order valence-electron chi connectivity index (χ4n) is 5.25. The van der Waals surface area contributed by atoms with Gasteiger partial charge in [0.05, 0.1) is 32.5 Å². The highest BCUT2D eigenvalue weighted by molar-refractivity contribution is 6.02. The number of ether oxygens (including phenoxy) is 2. The van der Waals surface area contributed by atoms with Gasteiger partial charge < -0.3 is 23.8 Å². The van der Waals surface area contributed by atoms with E-state index >= 15 is 0 Å². The van der Waals surface area contributed by atoms with Gasteiger partial charge in [-0.15, -0.1) is 0 Å². The van der Waals surface area contributed by atoms with Crippen molar-refractivity contribution in [1.82, 2.24) is 9.88 Å². The molecular formula is C30H26N2O4. The summed E-state index contributed by atoms with van der Waals surface area (Å²) in [6.45, 7) is 2.27. The number of amides is 1.